The third-order valence-electron chi connectivity index (χ3n) is 4.69. The third kappa shape index (κ3) is 2.73. The highest BCUT2D eigenvalue weighted by atomic mass is 16.3. The lowest BCUT2D eigenvalue weighted by molar-refractivity contribution is 0.0943. The number of nitrogens with one attached hydrogen (secondary N) is 1. The van der Waals surface area contributed by atoms with E-state index in [-0.39, 0.29) is 17.6 Å². The summed E-state index contributed by atoms with van der Waals surface area (Å²) in [6.07, 6.45) is 11.3. The highest BCUT2D eigenvalue weighted by molar-refractivity contribution is 5.31. The second-order valence-electron chi connectivity index (χ2n) is 6.29. The number of hydrogen-bond acceptors (Lipinski definition) is 4. The molecule has 0 aromatic carbocycles. The van der Waals surface area contributed by atoms with Crippen molar-refractivity contribution in [1.29, 1.82) is 0 Å². The van der Waals surface area contributed by atoms with Crippen molar-refractivity contribution in [3.05, 3.63) is 22.7 Å². The summed E-state index contributed by atoms with van der Waals surface area (Å²) in [4.78, 5) is 16.5. The average Bonchev–Trinajstić information content (AvgIpc) is 3.32. The number of nitrogens with zero attached hydrogens (tertiary/aromatic N) is 2. The molecule has 1 heterocycles. The maximum Gasteiger partial charge on any atom is 0.293 e. The van der Waals surface area contributed by atoms with E-state index in [0.29, 0.717) is 18.4 Å². The van der Waals surface area contributed by atoms with E-state index in [4.69, 9.17) is 0 Å². The van der Waals surface area contributed by atoms with Gasteiger partial charge in [0.2, 0.25) is 0 Å². The molecule has 5 nitrogen and oxygen atoms in total. The summed E-state index contributed by atoms with van der Waals surface area (Å²) in [7, 11) is 0. The Balaban J connectivity index is 1.71. The fraction of sp³-hybridized carbons (Fsp3) is 0.733. The van der Waals surface area contributed by atoms with Gasteiger partial charge in [-0.3, -0.25) is 4.79 Å². The summed E-state index contributed by atoms with van der Waals surface area (Å²) < 4.78 is 1.78. The van der Waals surface area contributed by atoms with Crippen LogP contribution in [0.2, 0.25) is 0 Å². The van der Waals surface area contributed by atoms with E-state index in [0.717, 1.165) is 38.5 Å². The first kappa shape index (κ1) is 13.6. The van der Waals surface area contributed by atoms with Gasteiger partial charge in [-0.2, -0.15) is 0 Å². The van der Waals surface area contributed by atoms with Gasteiger partial charge in [0.1, 0.15) is 0 Å². The molecule has 0 radical (unpaired) electrons. The Hall–Kier alpha value is -1.36. The lowest BCUT2D eigenvalue weighted by Crippen LogP contribution is -2.37. The largest absolute Gasteiger partial charge is 0.396 e. The van der Waals surface area contributed by atoms with Crippen LogP contribution in [0, 0.1) is 5.41 Å². The molecule has 0 bridgehead atoms. The Morgan fingerprint density at radius 1 is 1.35 bits per heavy atom. The van der Waals surface area contributed by atoms with Crippen molar-refractivity contribution in [3.63, 3.8) is 0 Å². The first-order chi connectivity index (χ1) is 9.74. The predicted molar refractivity (Wildman–Crippen MR) is 77.9 cm³/mol. The van der Waals surface area contributed by atoms with Crippen molar-refractivity contribution < 1.29 is 5.11 Å². The van der Waals surface area contributed by atoms with Gasteiger partial charge in [0.25, 0.3) is 5.56 Å². The molecule has 2 aliphatic rings. The lowest BCUT2D eigenvalue weighted by Gasteiger charge is -2.35. The Labute approximate surface area is 119 Å². The Bertz CT molecular complexity index is 516. The van der Waals surface area contributed by atoms with E-state index in [1.165, 1.54) is 6.42 Å². The highest BCUT2D eigenvalue weighted by Crippen LogP contribution is 2.36. The van der Waals surface area contributed by atoms with Crippen LogP contribution in [0.5, 0.6) is 0 Å². The maximum absolute atomic E-state index is 12.3. The minimum absolute atomic E-state index is 0.0288. The lowest BCUT2D eigenvalue weighted by atomic mass is 9.74. The molecular formula is C15H23N3O2. The zero-order chi connectivity index (χ0) is 14.0. The summed E-state index contributed by atoms with van der Waals surface area (Å²) in [5, 5.41) is 12.9. The van der Waals surface area contributed by atoms with Crippen molar-refractivity contribution in [2.45, 2.75) is 51.0 Å². The van der Waals surface area contributed by atoms with E-state index >= 15 is 0 Å². The van der Waals surface area contributed by atoms with Gasteiger partial charge < -0.3 is 15.0 Å². The molecule has 2 saturated carbocycles. The maximum atomic E-state index is 12.3. The molecule has 2 fully saturated rings. The van der Waals surface area contributed by atoms with Crippen LogP contribution in [0.25, 0.3) is 0 Å². The van der Waals surface area contributed by atoms with Crippen LogP contribution in [-0.2, 0) is 0 Å². The summed E-state index contributed by atoms with van der Waals surface area (Å²) in [6.45, 7) is 0.823. The number of aliphatic hydroxyl groups is 1. The molecule has 0 spiro atoms. The van der Waals surface area contributed by atoms with E-state index in [2.05, 4.69) is 10.3 Å². The van der Waals surface area contributed by atoms with Crippen LogP contribution in [0.15, 0.2) is 17.2 Å². The summed E-state index contributed by atoms with van der Waals surface area (Å²) in [5.74, 6) is 0.429. The average molecular weight is 277 g/mol. The van der Waals surface area contributed by atoms with Gasteiger partial charge >= 0.3 is 0 Å². The van der Waals surface area contributed by atoms with Crippen molar-refractivity contribution >= 4 is 5.82 Å². The Kier molecular flexibility index (Phi) is 3.78. The smallest absolute Gasteiger partial charge is 0.293 e. The summed E-state index contributed by atoms with van der Waals surface area (Å²) in [6, 6.07) is 0.368. The van der Waals surface area contributed by atoms with Crippen LogP contribution >= 0.6 is 0 Å². The van der Waals surface area contributed by atoms with Crippen LogP contribution in [0.1, 0.15) is 51.0 Å². The molecule has 0 amide bonds. The quantitative estimate of drug-likeness (QED) is 0.863. The molecule has 0 saturated heterocycles. The second-order valence-corrected chi connectivity index (χ2v) is 6.29. The third-order valence-corrected chi connectivity index (χ3v) is 4.69. The van der Waals surface area contributed by atoms with E-state index in [9.17, 15) is 9.90 Å². The molecule has 2 N–H and O–H groups in total. The first-order valence-electron chi connectivity index (χ1n) is 7.66. The Morgan fingerprint density at radius 3 is 2.75 bits per heavy atom. The van der Waals surface area contributed by atoms with Gasteiger partial charge in [0, 0.05) is 30.4 Å². The molecule has 0 unspecified atom stereocenters. The fourth-order valence-corrected chi connectivity index (χ4v) is 3.15. The van der Waals surface area contributed by atoms with Gasteiger partial charge in [-0.1, -0.05) is 19.3 Å². The van der Waals surface area contributed by atoms with Crippen LogP contribution in [0.3, 0.4) is 0 Å². The molecule has 110 valence electrons. The number of hydrogen-bond donors (Lipinski definition) is 2. The fourth-order valence-electron chi connectivity index (χ4n) is 3.15. The highest BCUT2D eigenvalue weighted by Gasteiger charge is 2.32. The van der Waals surface area contributed by atoms with Gasteiger partial charge in [0.05, 0.1) is 6.61 Å². The van der Waals surface area contributed by atoms with Gasteiger partial charge in [-0.05, 0) is 25.7 Å². The van der Waals surface area contributed by atoms with Crippen molar-refractivity contribution in [2.24, 2.45) is 5.41 Å². The zero-order valence-corrected chi connectivity index (χ0v) is 11.8. The topological polar surface area (TPSA) is 67.2 Å². The molecule has 3 rings (SSSR count). The predicted octanol–water partition coefficient (Wildman–Crippen LogP) is 1.93. The zero-order valence-electron chi connectivity index (χ0n) is 11.8. The minimum atomic E-state index is -0.0768. The number of anilines is 1. The normalized spacial score (nSPS) is 21.6. The molecule has 1 aromatic rings. The van der Waals surface area contributed by atoms with Crippen LogP contribution in [-0.4, -0.2) is 27.8 Å². The van der Waals surface area contributed by atoms with Crippen molar-refractivity contribution in [2.75, 3.05) is 18.5 Å². The molecule has 0 aliphatic heterocycles. The number of rotatable bonds is 5. The standard InChI is InChI=1S/C15H23N3O2/c19-11-15(6-2-1-3-7-15)10-17-13-14(20)18(9-8-16-13)12-4-5-12/h8-9,12,19H,1-7,10-11H2,(H,16,17). The number of aliphatic hydroxyl groups excluding tert-OH is 1. The summed E-state index contributed by atoms with van der Waals surface area (Å²) in [5.41, 5.74) is -0.106. The van der Waals surface area contributed by atoms with Crippen molar-refractivity contribution in [3.8, 4) is 0 Å². The second kappa shape index (κ2) is 5.56. The molecular weight excluding hydrogens is 254 g/mol. The number of aromatic nitrogens is 2. The van der Waals surface area contributed by atoms with Gasteiger partial charge in [0.15, 0.2) is 5.82 Å². The molecule has 20 heavy (non-hydrogen) atoms. The molecule has 5 heteroatoms. The van der Waals surface area contributed by atoms with Crippen molar-refractivity contribution in [1.82, 2.24) is 9.55 Å². The SMILES string of the molecule is O=c1c(NCC2(CO)CCCCC2)nccn1C1CC1. The van der Waals surface area contributed by atoms with E-state index in [1.807, 2.05) is 0 Å². The van der Waals surface area contributed by atoms with Crippen LogP contribution in [0.4, 0.5) is 5.82 Å². The van der Waals surface area contributed by atoms with Crippen LogP contribution < -0.4 is 10.9 Å². The Morgan fingerprint density at radius 2 is 2.10 bits per heavy atom. The molecule has 2 aliphatic carbocycles. The van der Waals surface area contributed by atoms with E-state index < -0.39 is 0 Å². The van der Waals surface area contributed by atoms with E-state index in [1.54, 1.807) is 17.0 Å². The first-order valence-corrected chi connectivity index (χ1v) is 7.66. The molecule has 0 atom stereocenters. The monoisotopic (exact) mass is 277 g/mol. The van der Waals surface area contributed by atoms with Gasteiger partial charge in [-0.25, -0.2) is 4.98 Å². The van der Waals surface area contributed by atoms with Gasteiger partial charge in [-0.15, -0.1) is 0 Å². The minimum Gasteiger partial charge on any atom is -0.396 e. The summed E-state index contributed by atoms with van der Waals surface area (Å²) >= 11 is 0. The molecule has 1 aromatic heterocycles.